The van der Waals surface area contributed by atoms with E-state index in [1.807, 2.05) is 18.0 Å². The summed E-state index contributed by atoms with van der Waals surface area (Å²) in [6.45, 7) is 0.286. The minimum absolute atomic E-state index is 0.113. The summed E-state index contributed by atoms with van der Waals surface area (Å²) >= 11 is 1.37. The Bertz CT molecular complexity index is 1050. The van der Waals surface area contributed by atoms with Crippen molar-refractivity contribution in [2.75, 3.05) is 29.1 Å². The molecule has 0 spiro atoms. The maximum absolute atomic E-state index is 13.0. The summed E-state index contributed by atoms with van der Waals surface area (Å²) in [5, 5.41) is 6.06. The number of halogens is 1. The van der Waals surface area contributed by atoms with Crippen LogP contribution in [0.25, 0.3) is 0 Å². The molecule has 1 aromatic heterocycles. The Labute approximate surface area is 165 Å². The quantitative estimate of drug-likeness (QED) is 0.708. The predicted molar refractivity (Wildman–Crippen MR) is 108 cm³/mol. The van der Waals surface area contributed by atoms with Crippen LogP contribution in [0.1, 0.15) is 20.8 Å². The van der Waals surface area contributed by atoms with Gasteiger partial charge in [-0.2, -0.15) is 0 Å². The lowest BCUT2D eigenvalue weighted by molar-refractivity contribution is -0.115. The molecule has 2 N–H and O–H groups in total. The van der Waals surface area contributed by atoms with E-state index in [1.165, 1.54) is 23.5 Å². The molecule has 1 aliphatic rings. The van der Waals surface area contributed by atoms with Gasteiger partial charge in [0, 0.05) is 30.1 Å². The Morgan fingerprint density at radius 2 is 2.07 bits per heavy atom. The number of anilines is 3. The van der Waals surface area contributed by atoms with Crippen LogP contribution in [0.4, 0.5) is 20.9 Å². The third-order valence-corrected chi connectivity index (χ3v) is 5.30. The Hall–Kier alpha value is -3.26. The van der Waals surface area contributed by atoms with E-state index < -0.39 is 0 Å². The van der Waals surface area contributed by atoms with Crippen LogP contribution in [0.2, 0.25) is 0 Å². The molecule has 0 saturated carbocycles. The van der Waals surface area contributed by atoms with Gasteiger partial charge >= 0.3 is 0 Å². The number of carbonyl (C=O) groups is 2. The molecule has 0 atom stereocenters. The molecule has 0 fully saturated rings. The van der Waals surface area contributed by atoms with Crippen LogP contribution in [0, 0.1) is 5.82 Å². The molecule has 0 radical (unpaired) electrons. The molecular formula is C20H17FN4O2S. The van der Waals surface area contributed by atoms with Crippen LogP contribution in [-0.4, -0.2) is 30.4 Å². The number of likely N-dealkylation sites (N-methyl/N-ethyl adjacent to an activating group) is 1. The van der Waals surface area contributed by atoms with Gasteiger partial charge in [-0.05, 0) is 35.9 Å². The largest absolute Gasteiger partial charge is 0.364 e. The van der Waals surface area contributed by atoms with Gasteiger partial charge in [-0.3, -0.25) is 14.9 Å². The number of fused-ring (bicyclic) bond motifs is 1. The van der Waals surface area contributed by atoms with Crippen molar-refractivity contribution in [2.45, 2.75) is 6.42 Å². The summed E-state index contributed by atoms with van der Waals surface area (Å²) in [5.41, 5.74) is 2.89. The molecule has 28 heavy (non-hydrogen) atoms. The molecule has 2 amide bonds. The highest BCUT2D eigenvalue weighted by molar-refractivity contribution is 7.15. The van der Waals surface area contributed by atoms with Gasteiger partial charge in [0.15, 0.2) is 5.13 Å². The second-order valence-electron chi connectivity index (χ2n) is 6.53. The number of amides is 2. The van der Waals surface area contributed by atoms with Crippen LogP contribution in [0.3, 0.4) is 0 Å². The molecule has 0 unspecified atom stereocenters. The van der Waals surface area contributed by atoms with Crippen LogP contribution < -0.4 is 15.5 Å². The van der Waals surface area contributed by atoms with Gasteiger partial charge in [0.1, 0.15) is 5.82 Å². The van der Waals surface area contributed by atoms with Crippen molar-refractivity contribution < 1.29 is 14.0 Å². The summed E-state index contributed by atoms with van der Waals surface area (Å²) < 4.78 is 13.0. The van der Waals surface area contributed by atoms with Gasteiger partial charge in [-0.25, -0.2) is 9.37 Å². The number of hydrogen-bond acceptors (Lipinski definition) is 5. The van der Waals surface area contributed by atoms with Crippen molar-refractivity contribution in [1.82, 2.24) is 4.98 Å². The molecule has 2 aromatic carbocycles. The van der Waals surface area contributed by atoms with E-state index in [4.69, 9.17) is 0 Å². The van der Waals surface area contributed by atoms with E-state index in [2.05, 4.69) is 15.6 Å². The molecule has 0 aliphatic carbocycles. The predicted octanol–water partition coefficient (Wildman–Crippen LogP) is 3.51. The summed E-state index contributed by atoms with van der Waals surface area (Å²) in [7, 11) is 1.83. The summed E-state index contributed by atoms with van der Waals surface area (Å²) in [5.74, 6) is -0.681. The van der Waals surface area contributed by atoms with Gasteiger partial charge < -0.3 is 10.2 Å². The molecule has 0 bridgehead atoms. The number of aromatic nitrogens is 1. The summed E-state index contributed by atoms with van der Waals surface area (Å²) in [6.07, 6.45) is 2.32. The van der Waals surface area contributed by atoms with Crippen molar-refractivity contribution in [3.05, 3.63) is 70.5 Å². The number of benzene rings is 2. The Balaban J connectivity index is 1.45. The first-order valence-electron chi connectivity index (χ1n) is 8.63. The third kappa shape index (κ3) is 3.86. The number of nitrogens with one attached hydrogen (secondary N) is 2. The first-order chi connectivity index (χ1) is 13.5. The molecule has 1 aliphatic heterocycles. The van der Waals surface area contributed by atoms with Crippen molar-refractivity contribution in [3.8, 4) is 0 Å². The van der Waals surface area contributed by atoms with Crippen molar-refractivity contribution in [3.63, 3.8) is 0 Å². The topological polar surface area (TPSA) is 74.3 Å². The lowest BCUT2D eigenvalue weighted by Crippen LogP contribution is -2.35. The Morgan fingerprint density at radius 1 is 1.29 bits per heavy atom. The fourth-order valence-electron chi connectivity index (χ4n) is 3.02. The minimum Gasteiger partial charge on any atom is -0.364 e. The number of nitrogens with zero attached hydrogens (tertiary/aromatic N) is 2. The zero-order chi connectivity index (χ0) is 19.7. The molecule has 2 heterocycles. The molecular weight excluding hydrogens is 379 g/mol. The zero-order valence-corrected chi connectivity index (χ0v) is 15.8. The maximum Gasteiger partial charge on any atom is 0.257 e. The summed E-state index contributed by atoms with van der Waals surface area (Å²) in [6, 6.07) is 11.5. The fraction of sp³-hybridized carbons (Fsp3) is 0.150. The molecule has 0 saturated heterocycles. The van der Waals surface area contributed by atoms with E-state index in [9.17, 15) is 14.0 Å². The monoisotopic (exact) mass is 396 g/mol. The van der Waals surface area contributed by atoms with Crippen LogP contribution >= 0.6 is 11.3 Å². The Kier molecular flexibility index (Phi) is 4.79. The average Bonchev–Trinajstić information content (AvgIpc) is 3.09. The molecule has 6 nitrogen and oxygen atoms in total. The zero-order valence-electron chi connectivity index (χ0n) is 15.0. The van der Waals surface area contributed by atoms with E-state index >= 15 is 0 Å². The fourth-order valence-corrected chi connectivity index (χ4v) is 3.86. The smallest absolute Gasteiger partial charge is 0.257 e. The first kappa shape index (κ1) is 18.1. The van der Waals surface area contributed by atoms with E-state index in [1.54, 1.807) is 30.5 Å². The normalized spacial score (nSPS) is 13.1. The second-order valence-corrected chi connectivity index (χ2v) is 7.64. The minimum atomic E-state index is -0.298. The van der Waals surface area contributed by atoms with Crippen LogP contribution in [0.15, 0.2) is 48.7 Å². The summed E-state index contributed by atoms with van der Waals surface area (Å²) in [4.78, 5) is 31.3. The highest BCUT2D eigenvalue weighted by Crippen LogP contribution is 2.30. The molecule has 3 aromatic rings. The average molecular weight is 396 g/mol. The number of carbonyl (C=O) groups excluding carboxylic acids is 2. The first-order valence-corrected chi connectivity index (χ1v) is 9.45. The van der Waals surface area contributed by atoms with Crippen molar-refractivity contribution in [1.29, 1.82) is 0 Å². The van der Waals surface area contributed by atoms with Crippen LogP contribution in [0.5, 0.6) is 0 Å². The van der Waals surface area contributed by atoms with Gasteiger partial charge in [0.25, 0.3) is 5.91 Å². The van der Waals surface area contributed by atoms with Crippen LogP contribution in [-0.2, 0) is 11.2 Å². The lowest BCUT2D eigenvalue weighted by Gasteiger charge is -2.27. The van der Waals surface area contributed by atoms with Gasteiger partial charge in [-0.15, -0.1) is 11.3 Å². The van der Waals surface area contributed by atoms with Gasteiger partial charge in [-0.1, -0.05) is 12.1 Å². The molecule has 4 rings (SSSR count). The van der Waals surface area contributed by atoms with E-state index in [0.717, 1.165) is 16.1 Å². The third-order valence-electron chi connectivity index (χ3n) is 4.39. The van der Waals surface area contributed by atoms with Crippen molar-refractivity contribution in [2.24, 2.45) is 0 Å². The number of thiazole rings is 1. The van der Waals surface area contributed by atoms with Crippen molar-refractivity contribution >= 4 is 39.7 Å². The Morgan fingerprint density at radius 3 is 2.86 bits per heavy atom. The second kappa shape index (κ2) is 7.40. The standard InChI is InChI=1S/C20H17FN4O2S/c1-25-11-18(26)23-16-9-13(4-7-17(16)25)19(27)24-20-22-10-15(28-20)8-12-2-5-14(21)6-3-12/h2-7,9-10H,8,11H2,1H3,(H,23,26)(H,22,24,27). The highest BCUT2D eigenvalue weighted by Gasteiger charge is 2.20. The SMILES string of the molecule is CN1CC(=O)Nc2cc(C(=O)Nc3ncc(Cc4ccc(F)cc4)s3)ccc21. The molecule has 142 valence electrons. The van der Waals surface area contributed by atoms with Gasteiger partial charge in [0.05, 0.1) is 17.9 Å². The number of hydrogen-bond donors (Lipinski definition) is 2. The van der Waals surface area contributed by atoms with E-state index in [0.29, 0.717) is 22.8 Å². The van der Waals surface area contributed by atoms with Gasteiger partial charge in [0.2, 0.25) is 5.91 Å². The molecule has 8 heteroatoms. The van der Waals surface area contributed by atoms with E-state index in [-0.39, 0.29) is 24.2 Å². The maximum atomic E-state index is 13.0. The highest BCUT2D eigenvalue weighted by atomic mass is 32.1. The number of rotatable bonds is 4. The lowest BCUT2D eigenvalue weighted by atomic mass is 10.1.